The minimum atomic E-state index is 0.0922. The van der Waals surface area contributed by atoms with Gasteiger partial charge in [0.05, 0.1) is 0 Å². The maximum Gasteiger partial charge on any atom is 0.227 e. The second-order valence-corrected chi connectivity index (χ2v) is 7.32. The number of hydrogen-bond acceptors (Lipinski definition) is 4. The van der Waals surface area contributed by atoms with Crippen LogP contribution < -0.4 is 10.6 Å². The van der Waals surface area contributed by atoms with Crippen LogP contribution in [0.2, 0.25) is 0 Å². The van der Waals surface area contributed by atoms with Crippen molar-refractivity contribution in [2.75, 3.05) is 38.0 Å². The van der Waals surface area contributed by atoms with Crippen molar-refractivity contribution in [1.82, 2.24) is 10.2 Å². The van der Waals surface area contributed by atoms with Crippen LogP contribution in [0.4, 0.5) is 5.69 Å². The summed E-state index contributed by atoms with van der Waals surface area (Å²) in [4.78, 5) is 14.9. The molecule has 0 bridgehead atoms. The number of phenolic OH excluding ortho intramolecular Hbond substituents is 1. The lowest BCUT2D eigenvalue weighted by Crippen LogP contribution is -2.43. The molecule has 5 nitrogen and oxygen atoms in total. The van der Waals surface area contributed by atoms with E-state index in [0.717, 1.165) is 51.3 Å². The molecule has 1 atom stereocenters. The van der Waals surface area contributed by atoms with Gasteiger partial charge in [0.25, 0.3) is 0 Å². The molecular weight excluding hydrogens is 290 g/mol. The van der Waals surface area contributed by atoms with E-state index in [4.69, 9.17) is 0 Å². The highest BCUT2D eigenvalue weighted by atomic mass is 16.3. The summed E-state index contributed by atoms with van der Waals surface area (Å²) >= 11 is 0. The second-order valence-electron chi connectivity index (χ2n) is 7.32. The number of amides is 1. The molecule has 23 heavy (non-hydrogen) atoms. The number of phenols is 1. The fourth-order valence-corrected chi connectivity index (χ4v) is 3.69. The fraction of sp³-hybridized carbons (Fsp3) is 0.611. The molecule has 1 amide bonds. The molecular formula is C18H27N3O2. The average molecular weight is 317 g/mol. The van der Waals surface area contributed by atoms with Gasteiger partial charge in [0.1, 0.15) is 5.75 Å². The predicted molar refractivity (Wildman–Crippen MR) is 91.5 cm³/mol. The van der Waals surface area contributed by atoms with Crippen LogP contribution in [0.15, 0.2) is 24.3 Å². The maximum absolute atomic E-state index is 12.4. The summed E-state index contributed by atoms with van der Waals surface area (Å²) in [7, 11) is 0. The van der Waals surface area contributed by atoms with Gasteiger partial charge in [-0.2, -0.15) is 0 Å². The Bertz CT molecular complexity index is 530. The van der Waals surface area contributed by atoms with Crippen LogP contribution in [0.5, 0.6) is 5.75 Å². The average Bonchev–Trinajstić information content (AvgIpc) is 2.96. The van der Waals surface area contributed by atoms with E-state index >= 15 is 0 Å². The molecule has 2 aliphatic heterocycles. The van der Waals surface area contributed by atoms with E-state index in [1.54, 1.807) is 24.3 Å². The van der Waals surface area contributed by atoms with Crippen LogP contribution in [0.3, 0.4) is 0 Å². The van der Waals surface area contributed by atoms with Gasteiger partial charge in [0.2, 0.25) is 5.91 Å². The van der Waals surface area contributed by atoms with E-state index in [9.17, 15) is 9.90 Å². The Morgan fingerprint density at radius 3 is 2.65 bits per heavy atom. The van der Waals surface area contributed by atoms with Gasteiger partial charge in [-0.25, -0.2) is 0 Å². The highest BCUT2D eigenvalue weighted by Gasteiger charge is 2.33. The van der Waals surface area contributed by atoms with Crippen molar-refractivity contribution >= 4 is 11.6 Å². The molecule has 3 N–H and O–H groups in total. The Morgan fingerprint density at radius 1 is 1.35 bits per heavy atom. The van der Waals surface area contributed by atoms with Gasteiger partial charge >= 0.3 is 0 Å². The number of nitrogens with zero attached hydrogens (tertiary/aromatic N) is 1. The molecule has 126 valence electrons. The zero-order valence-electron chi connectivity index (χ0n) is 13.8. The quantitative estimate of drug-likeness (QED) is 0.744. The summed E-state index contributed by atoms with van der Waals surface area (Å²) in [6.45, 7) is 7.73. The van der Waals surface area contributed by atoms with E-state index in [2.05, 4.69) is 22.5 Å². The summed E-state index contributed by atoms with van der Waals surface area (Å²) in [6, 6.07) is 6.65. The Balaban J connectivity index is 1.46. The van der Waals surface area contributed by atoms with E-state index < -0.39 is 0 Å². The lowest BCUT2D eigenvalue weighted by molar-refractivity contribution is -0.121. The molecule has 1 aromatic rings. The van der Waals surface area contributed by atoms with Gasteiger partial charge in [0.15, 0.2) is 0 Å². The van der Waals surface area contributed by atoms with Crippen molar-refractivity contribution in [3.8, 4) is 5.75 Å². The van der Waals surface area contributed by atoms with Crippen molar-refractivity contribution in [2.45, 2.75) is 26.2 Å². The number of hydrogen-bond donors (Lipinski definition) is 3. The standard InChI is InChI=1S/C18H27N3O2/c1-18(8-9-19-12-18)13-21-10-6-14(7-11-21)17(23)20-15-2-4-16(22)5-3-15/h2-5,14,19,22H,6-13H2,1H3,(H,20,23). The maximum atomic E-state index is 12.4. The SMILES string of the molecule is CC1(CN2CCC(C(=O)Nc3ccc(O)cc3)CC2)CCNC1. The number of carbonyl (C=O) groups is 1. The lowest BCUT2D eigenvalue weighted by atomic mass is 9.87. The van der Waals surface area contributed by atoms with E-state index in [1.807, 2.05) is 0 Å². The molecule has 5 heteroatoms. The largest absolute Gasteiger partial charge is 0.508 e. The number of rotatable bonds is 4. The molecule has 3 rings (SSSR count). The highest BCUT2D eigenvalue weighted by Crippen LogP contribution is 2.28. The molecule has 0 spiro atoms. The second kappa shape index (κ2) is 6.89. The first-order chi connectivity index (χ1) is 11.0. The minimum Gasteiger partial charge on any atom is -0.508 e. The van der Waals surface area contributed by atoms with Gasteiger partial charge in [-0.15, -0.1) is 0 Å². The smallest absolute Gasteiger partial charge is 0.227 e. The van der Waals surface area contributed by atoms with Crippen LogP contribution in [-0.4, -0.2) is 48.6 Å². The van der Waals surface area contributed by atoms with Gasteiger partial charge in [-0.05, 0) is 68.6 Å². The van der Waals surface area contributed by atoms with Crippen molar-refractivity contribution < 1.29 is 9.90 Å². The zero-order chi connectivity index (χ0) is 16.3. The van der Waals surface area contributed by atoms with Crippen molar-refractivity contribution in [1.29, 1.82) is 0 Å². The van der Waals surface area contributed by atoms with Crippen LogP contribution in [0.1, 0.15) is 26.2 Å². The lowest BCUT2D eigenvalue weighted by Gasteiger charge is -2.36. The van der Waals surface area contributed by atoms with Gasteiger partial charge in [-0.3, -0.25) is 4.79 Å². The first kappa shape index (κ1) is 16.3. The van der Waals surface area contributed by atoms with E-state index in [1.165, 1.54) is 6.42 Å². The van der Waals surface area contributed by atoms with Gasteiger partial charge in [-0.1, -0.05) is 6.92 Å². The van der Waals surface area contributed by atoms with Crippen LogP contribution in [0.25, 0.3) is 0 Å². The molecule has 0 aliphatic carbocycles. The summed E-state index contributed by atoms with van der Waals surface area (Å²) in [5.74, 6) is 0.407. The summed E-state index contributed by atoms with van der Waals surface area (Å²) in [5, 5.41) is 15.7. The first-order valence-corrected chi connectivity index (χ1v) is 8.57. The topological polar surface area (TPSA) is 64.6 Å². The first-order valence-electron chi connectivity index (χ1n) is 8.57. The van der Waals surface area contributed by atoms with Crippen LogP contribution in [0, 0.1) is 11.3 Å². The van der Waals surface area contributed by atoms with Crippen LogP contribution in [-0.2, 0) is 4.79 Å². The third-order valence-electron chi connectivity index (χ3n) is 5.16. The summed E-state index contributed by atoms with van der Waals surface area (Å²) in [5.41, 5.74) is 1.14. The van der Waals surface area contributed by atoms with Crippen molar-refractivity contribution in [3.05, 3.63) is 24.3 Å². The van der Waals surface area contributed by atoms with Gasteiger partial charge in [0, 0.05) is 24.7 Å². The van der Waals surface area contributed by atoms with Gasteiger partial charge < -0.3 is 20.6 Å². The number of carbonyl (C=O) groups excluding carboxylic acids is 1. The summed E-state index contributed by atoms with van der Waals surface area (Å²) < 4.78 is 0. The Hall–Kier alpha value is -1.59. The van der Waals surface area contributed by atoms with Crippen molar-refractivity contribution in [3.63, 3.8) is 0 Å². The molecule has 2 aliphatic rings. The number of piperidine rings is 1. The molecule has 2 heterocycles. The number of likely N-dealkylation sites (tertiary alicyclic amines) is 1. The third-order valence-corrected chi connectivity index (χ3v) is 5.16. The predicted octanol–water partition coefficient (Wildman–Crippen LogP) is 2.04. The normalized spacial score (nSPS) is 26.3. The highest BCUT2D eigenvalue weighted by molar-refractivity contribution is 5.92. The monoisotopic (exact) mass is 317 g/mol. The third kappa shape index (κ3) is 4.24. The zero-order valence-corrected chi connectivity index (χ0v) is 13.8. The molecule has 0 radical (unpaired) electrons. The Labute approximate surface area is 138 Å². The number of benzene rings is 1. The number of aromatic hydroxyl groups is 1. The van der Waals surface area contributed by atoms with E-state index in [0.29, 0.717) is 5.41 Å². The number of anilines is 1. The fourth-order valence-electron chi connectivity index (χ4n) is 3.69. The molecule has 2 saturated heterocycles. The van der Waals surface area contributed by atoms with E-state index in [-0.39, 0.29) is 17.6 Å². The molecule has 2 fully saturated rings. The molecule has 0 saturated carbocycles. The molecule has 1 aromatic carbocycles. The Morgan fingerprint density at radius 2 is 2.04 bits per heavy atom. The minimum absolute atomic E-state index is 0.0922. The van der Waals surface area contributed by atoms with Crippen LogP contribution >= 0.6 is 0 Å². The van der Waals surface area contributed by atoms with Crippen molar-refractivity contribution in [2.24, 2.45) is 11.3 Å². The molecule has 0 aromatic heterocycles. The molecule has 1 unspecified atom stereocenters. The summed E-state index contributed by atoms with van der Waals surface area (Å²) in [6.07, 6.45) is 3.09. The Kier molecular flexibility index (Phi) is 4.87. The number of nitrogens with one attached hydrogen (secondary N) is 2.